The number of anilines is 5. The number of fused-ring (bicyclic) bond motifs is 1. The van der Waals surface area contributed by atoms with Crippen molar-refractivity contribution in [3.63, 3.8) is 0 Å². The molecule has 2 saturated heterocycles. The second-order valence-electron chi connectivity index (χ2n) is 10.1. The van der Waals surface area contributed by atoms with E-state index in [2.05, 4.69) is 27.5 Å². The maximum Gasteiger partial charge on any atom is 0.277 e. The Kier molecular flexibility index (Phi) is 7.57. The molecule has 0 radical (unpaired) electrons. The lowest BCUT2D eigenvalue weighted by Gasteiger charge is -2.42. The number of carbonyl (C=O) groups excluding carboxylic acids is 2. The first-order valence-corrected chi connectivity index (χ1v) is 13.0. The number of rotatable bonds is 7. The van der Waals surface area contributed by atoms with E-state index in [1.807, 2.05) is 4.90 Å². The van der Waals surface area contributed by atoms with Crippen LogP contribution >= 0.6 is 11.6 Å². The van der Waals surface area contributed by atoms with Crippen molar-refractivity contribution in [1.29, 1.82) is 0 Å². The maximum absolute atomic E-state index is 13.1. The van der Waals surface area contributed by atoms with Gasteiger partial charge in [-0.15, -0.1) is 0 Å². The Balaban J connectivity index is 1.45. The molecule has 1 aromatic heterocycles. The third-order valence-electron chi connectivity index (χ3n) is 7.01. The number of piperidine rings is 1. The number of nitrogens with zero attached hydrogens (tertiary/aromatic N) is 5. The van der Waals surface area contributed by atoms with Gasteiger partial charge in [-0.05, 0) is 30.5 Å². The highest BCUT2D eigenvalue weighted by atomic mass is 35.5. The van der Waals surface area contributed by atoms with Gasteiger partial charge in [0.15, 0.2) is 5.82 Å². The van der Waals surface area contributed by atoms with Crippen molar-refractivity contribution < 1.29 is 24.5 Å². The highest BCUT2D eigenvalue weighted by Gasteiger charge is 2.39. The van der Waals surface area contributed by atoms with E-state index in [1.165, 1.54) is 18.1 Å². The molecular weight excluding hydrogens is 514 g/mol. The average molecular weight is 546 g/mol. The summed E-state index contributed by atoms with van der Waals surface area (Å²) in [5.41, 5.74) is 1.70. The van der Waals surface area contributed by atoms with Gasteiger partial charge in [0.25, 0.3) is 5.91 Å². The highest BCUT2D eigenvalue weighted by molar-refractivity contribution is 6.33. The van der Waals surface area contributed by atoms with Crippen molar-refractivity contribution >= 4 is 52.2 Å². The fraction of sp³-hybridized carbons (Fsp3) is 0.520. The Labute approximate surface area is 225 Å². The molecule has 1 unspecified atom stereocenters. The Morgan fingerprint density at radius 1 is 1.24 bits per heavy atom. The van der Waals surface area contributed by atoms with E-state index in [0.29, 0.717) is 66.1 Å². The lowest BCUT2D eigenvalue weighted by molar-refractivity contribution is -0.128. The third-order valence-corrected chi connectivity index (χ3v) is 7.29. The lowest BCUT2D eigenvalue weighted by atomic mass is 9.98. The zero-order valence-electron chi connectivity index (χ0n) is 21.3. The highest BCUT2D eigenvalue weighted by Crippen LogP contribution is 2.39. The summed E-state index contributed by atoms with van der Waals surface area (Å²) in [6.45, 7) is 4.55. The molecule has 4 heterocycles. The zero-order chi connectivity index (χ0) is 27.0. The fourth-order valence-corrected chi connectivity index (χ4v) is 5.18. The van der Waals surface area contributed by atoms with Crippen LogP contribution in [0.15, 0.2) is 24.4 Å². The first kappa shape index (κ1) is 26.4. The molecule has 0 spiro atoms. The Morgan fingerprint density at radius 2 is 2.03 bits per heavy atom. The van der Waals surface area contributed by atoms with E-state index in [1.54, 1.807) is 23.1 Å². The average Bonchev–Trinajstić information content (AvgIpc) is 2.86. The summed E-state index contributed by atoms with van der Waals surface area (Å²) in [7, 11) is 1.50. The number of amides is 2. The monoisotopic (exact) mass is 545 g/mol. The number of nitrogens with one attached hydrogen (secondary N) is 2. The van der Waals surface area contributed by atoms with Crippen LogP contribution in [-0.2, 0) is 14.3 Å². The van der Waals surface area contributed by atoms with Crippen LogP contribution in [0.1, 0.15) is 13.3 Å². The number of benzene rings is 1. The summed E-state index contributed by atoms with van der Waals surface area (Å²) < 4.78 is 5.26. The molecule has 12 nitrogen and oxygen atoms in total. The SMILES string of the molecule is CNC(=O)CN1c2cc(Nc3nc(N4C[C@@H](C)C[C@@H](O)C4)ncc3Cl)ccc2N(CC2COC2)C(=O)C1O. The second kappa shape index (κ2) is 10.9. The minimum absolute atomic E-state index is 0.177. The number of β-amino-alcohol motifs (C(OH)–C–C–N with tert-alkyl or cyclic N) is 1. The molecule has 1 aromatic carbocycles. The molecule has 3 aliphatic heterocycles. The molecule has 0 aliphatic carbocycles. The number of likely N-dealkylation sites (N-methyl/N-ethyl adjacent to an activating group) is 1. The van der Waals surface area contributed by atoms with Crippen LogP contribution in [-0.4, -0.2) is 90.8 Å². The molecular formula is C25H32ClN7O5. The fourth-order valence-electron chi connectivity index (χ4n) is 5.04. The smallest absolute Gasteiger partial charge is 0.277 e. The van der Waals surface area contributed by atoms with Crippen molar-refractivity contribution in [3.05, 3.63) is 29.4 Å². The lowest BCUT2D eigenvalue weighted by Crippen LogP contribution is -2.57. The predicted octanol–water partition coefficient (Wildman–Crippen LogP) is 0.945. The molecule has 3 atom stereocenters. The first-order valence-electron chi connectivity index (χ1n) is 12.6. The van der Waals surface area contributed by atoms with E-state index < -0.39 is 18.2 Å². The van der Waals surface area contributed by atoms with E-state index in [4.69, 9.17) is 16.3 Å². The van der Waals surface area contributed by atoms with Crippen molar-refractivity contribution in [2.75, 3.05) is 66.5 Å². The van der Waals surface area contributed by atoms with Crippen LogP contribution in [0.4, 0.5) is 28.8 Å². The minimum Gasteiger partial charge on any atom is -0.391 e. The van der Waals surface area contributed by atoms with Crippen LogP contribution in [0.2, 0.25) is 5.02 Å². The Hall–Kier alpha value is -3.19. The van der Waals surface area contributed by atoms with Crippen molar-refractivity contribution in [1.82, 2.24) is 15.3 Å². The minimum atomic E-state index is -1.52. The van der Waals surface area contributed by atoms with E-state index in [9.17, 15) is 19.8 Å². The molecule has 13 heteroatoms. The Bertz CT molecular complexity index is 1200. The van der Waals surface area contributed by atoms with Crippen LogP contribution in [0.5, 0.6) is 0 Å². The Morgan fingerprint density at radius 3 is 2.71 bits per heavy atom. The maximum atomic E-state index is 13.1. The van der Waals surface area contributed by atoms with Crippen molar-refractivity contribution in [2.45, 2.75) is 25.7 Å². The number of hydrogen-bond donors (Lipinski definition) is 4. The van der Waals surface area contributed by atoms with Gasteiger partial charge in [-0.25, -0.2) is 4.98 Å². The van der Waals surface area contributed by atoms with Crippen LogP contribution in [0.3, 0.4) is 0 Å². The molecule has 0 bridgehead atoms. The number of carbonyl (C=O) groups is 2. The summed E-state index contributed by atoms with van der Waals surface area (Å²) >= 11 is 6.42. The van der Waals surface area contributed by atoms with Crippen LogP contribution < -0.4 is 25.3 Å². The molecule has 38 heavy (non-hydrogen) atoms. The summed E-state index contributed by atoms with van der Waals surface area (Å²) in [5, 5.41) is 27.1. The number of ether oxygens (including phenoxy) is 1. The van der Waals surface area contributed by atoms with Gasteiger partial charge >= 0.3 is 0 Å². The van der Waals surface area contributed by atoms with Crippen LogP contribution in [0, 0.1) is 11.8 Å². The largest absolute Gasteiger partial charge is 0.391 e. The summed E-state index contributed by atoms with van der Waals surface area (Å²) in [6.07, 6.45) is 0.275. The van der Waals surface area contributed by atoms with Gasteiger partial charge in [-0.1, -0.05) is 18.5 Å². The number of aliphatic hydroxyl groups is 2. The van der Waals surface area contributed by atoms with Gasteiger partial charge in [0.1, 0.15) is 5.02 Å². The van der Waals surface area contributed by atoms with Gasteiger partial charge in [0.2, 0.25) is 18.1 Å². The van der Waals surface area contributed by atoms with Gasteiger partial charge in [-0.3, -0.25) is 9.59 Å². The number of aliphatic hydroxyl groups excluding tert-OH is 2. The summed E-state index contributed by atoms with van der Waals surface area (Å²) in [5.74, 6) is 0.468. The van der Waals surface area contributed by atoms with E-state index in [0.717, 1.165) is 13.0 Å². The molecule has 2 aromatic rings. The molecule has 0 saturated carbocycles. The molecule has 2 amide bonds. The summed E-state index contributed by atoms with van der Waals surface area (Å²) in [4.78, 5) is 39.1. The van der Waals surface area contributed by atoms with Gasteiger partial charge < -0.3 is 40.3 Å². The van der Waals surface area contributed by atoms with Gasteiger partial charge in [-0.2, -0.15) is 4.98 Å². The quantitative estimate of drug-likeness (QED) is 0.397. The molecule has 2 fully saturated rings. The number of hydrogen-bond acceptors (Lipinski definition) is 10. The summed E-state index contributed by atoms with van der Waals surface area (Å²) in [6, 6.07) is 5.32. The third kappa shape index (κ3) is 5.35. The standard InChI is InChI=1S/C25H32ClN7O5/c1-14-5-17(34)10-31(8-14)25-28-7-18(26)22(30-25)29-16-3-4-19-20(6-16)33(11-21(35)27-2)24(37)23(36)32(19)9-15-12-38-13-15/h3-4,6-7,14-15,17,24,34,37H,5,8-13H2,1-2H3,(H,27,35)(H,28,29,30)/t14-,17+,24?/m0/s1. The van der Waals surface area contributed by atoms with Gasteiger partial charge in [0, 0.05) is 38.3 Å². The first-order chi connectivity index (χ1) is 18.2. The topological polar surface area (TPSA) is 143 Å². The normalized spacial score (nSPS) is 23.7. The van der Waals surface area contributed by atoms with Crippen molar-refractivity contribution in [2.24, 2.45) is 11.8 Å². The molecule has 4 N–H and O–H groups in total. The number of halogens is 1. The van der Waals surface area contributed by atoms with Gasteiger partial charge in [0.05, 0.1) is 43.4 Å². The second-order valence-corrected chi connectivity index (χ2v) is 10.5. The van der Waals surface area contributed by atoms with E-state index >= 15 is 0 Å². The predicted molar refractivity (Wildman–Crippen MR) is 143 cm³/mol. The van der Waals surface area contributed by atoms with Crippen LogP contribution in [0.25, 0.3) is 0 Å². The number of aromatic nitrogens is 2. The zero-order valence-corrected chi connectivity index (χ0v) is 22.1. The molecule has 3 aliphatic rings. The molecule has 5 rings (SSSR count). The van der Waals surface area contributed by atoms with E-state index in [-0.39, 0.29) is 18.4 Å². The van der Waals surface area contributed by atoms with Crippen molar-refractivity contribution in [3.8, 4) is 0 Å². The molecule has 204 valence electrons.